The minimum Gasteiger partial charge on any atom is -0.321 e. The number of hydrogen-bond acceptors (Lipinski definition) is 5. The molecule has 0 aliphatic heterocycles. The molecule has 0 radical (unpaired) electrons. The summed E-state index contributed by atoms with van der Waals surface area (Å²) in [5.74, 6) is -0.595. The molecule has 0 aliphatic rings. The molecule has 0 spiro atoms. The molecule has 0 saturated carbocycles. The molecule has 6 nitrogen and oxygen atoms in total. The smallest absolute Gasteiger partial charge is 0.267 e. The number of carbonyl (C=O) groups is 2. The molecule has 2 N–H and O–H groups in total. The lowest BCUT2D eigenvalue weighted by molar-refractivity contribution is 0.102. The number of nitrogens with one attached hydrogen (secondary N) is 2. The number of thiazole rings is 1. The van der Waals surface area contributed by atoms with Gasteiger partial charge >= 0.3 is 0 Å². The minimum atomic E-state index is -0.305. The van der Waals surface area contributed by atoms with E-state index < -0.39 is 0 Å². The van der Waals surface area contributed by atoms with Gasteiger partial charge in [0.25, 0.3) is 11.8 Å². The summed E-state index contributed by atoms with van der Waals surface area (Å²) in [5, 5.41) is 6.42. The van der Waals surface area contributed by atoms with Gasteiger partial charge in [0.05, 0.1) is 5.69 Å². The van der Waals surface area contributed by atoms with Crippen LogP contribution in [0, 0.1) is 6.92 Å². The molecular formula is C17H13ClN4O2S. The fraction of sp³-hybridized carbons (Fsp3) is 0.0588. The third-order valence-electron chi connectivity index (χ3n) is 3.27. The number of benzene rings is 1. The normalized spacial score (nSPS) is 10.3. The van der Waals surface area contributed by atoms with E-state index in [2.05, 4.69) is 20.6 Å². The van der Waals surface area contributed by atoms with Crippen molar-refractivity contribution in [2.24, 2.45) is 0 Å². The van der Waals surface area contributed by atoms with Crippen LogP contribution in [-0.4, -0.2) is 21.8 Å². The van der Waals surface area contributed by atoms with Crippen molar-refractivity contribution < 1.29 is 9.59 Å². The Hall–Kier alpha value is -2.77. The fourth-order valence-electron chi connectivity index (χ4n) is 2.05. The van der Waals surface area contributed by atoms with Crippen LogP contribution in [0.2, 0.25) is 5.02 Å². The van der Waals surface area contributed by atoms with Crippen molar-refractivity contribution >= 4 is 45.6 Å². The highest BCUT2D eigenvalue weighted by Crippen LogP contribution is 2.24. The van der Waals surface area contributed by atoms with Gasteiger partial charge < -0.3 is 5.32 Å². The minimum absolute atomic E-state index is 0.290. The highest BCUT2D eigenvalue weighted by Gasteiger charge is 2.17. The summed E-state index contributed by atoms with van der Waals surface area (Å²) < 4.78 is 0. The monoisotopic (exact) mass is 372 g/mol. The maximum Gasteiger partial charge on any atom is 0.267 e. The van der Waals surface area contributed by atoms with Crippen molar-refractivity contribution in [1.82, 2.24) is 9.97 Å². The number of pyridine rings is 1. The van der Waals surface area contributed by atoms with Crippen LogP contribution in [0.3, 0.4) is 0 Å². The van der Waals surface area contributed by atoms with Crippen molar-refractivity contribution in [3.05, 3.63) is 69.9 Å². The van der Waals surface area contributed by atoms with E-state index in [1.165, 1.54) is 12.4 Å². The molecule has 0 atom stereocenters. The van der Waals surface area contributed by atoms with Crippen molar-refractivity contribution in [1.29, 1.82) is 0 Å². The van der Waals surface area contributed by atoms with E-state index in [4.69, 9.17) is 11.6 Å². The Bertz CT molecular complexity index is 910. The maximum atomic E-state index is 12.4. The van der Waals surface area contributed by atoms with Gasteiger partial charge in [0, 0.05) is 28.7 Å². The number of aryl methyl sites for hydroxylation is 1. The van der Waals surface area contributed by atoms with Gasteiger partial charge in [0.15, 0.2) is 5.13 Å². The Balaban J connectivity index is 1.72. The third-order valence-corrected chi connectivity index (χ3v) is 4.59. The van der Waals surface area contributed by atoms with E-state index >= 15 is 0 Å². The van der Waals surface area contributed by atoms with E-state index in [-0.39, 0.29) is 11.8 Å². The van der Waals surface area contributed by atoms with Gasteiger partial charge in [-0.1, -0.05) is 22.9 Å². The fourth-order valence-corrected chi connectivity index (χ4v) is 3.04. The molecule has 3 aromatic rings. The molecule has 2 amide bonds. The molecule has 126 valence electrons. The first kappa shape index (κ1) is 17.1. The molecule has 1 aromatic carbocycles. The standard InChI is InChI=1S/C17H13ClN4O2S/c1-10-14(16(24)21-13-4-2-12(18)3-5-13)25-17(20-10)22-15(23)11-6-8-19-9-7-11/h2-9H,1H3,(H,21,24)(H,20,22,23). The van der Waals surface area contributed by atoms with Gasteiger partial charge in [-0.05, 0) is 43.3 Å². The van der Waals surface area contributed by atoms with E-state index in [1.54, 1.807) is 43.3 Å². The third kappa shape index (κ3) is 4.20. The first-order valence-corrected chi connectivity index (χ1v) is 8.48. The molecule has 8 heteroatoms. The molecule has 0 bridgehead atoms. The summed E-state index contributed by atoms with van der Waals surface area (Å²) in [4.78, 5) is 33.1. The summed E-state index contributed by atoms with van der Waals surface area (Å²) in [6.07, 6.45) is 3.07. The summed E-state index contributed by atoms with van der Waals surface area (Å²) >= 11 is 6.94. The van der Waals surface area contributed by atoms with E-state index in [9.17, 15) is 9.59 Å². The lowest BCUT2D eigenvalue weighted by Crippen LogP contribution is -2.11. The van der Waals surface area contributed by atoms with Crippen molar-refractivity contribution in [2.75, 3.05) is 10.6 Å². The topological polar surface area (TPSA) is 84.0 Å². The number of anilines is 2. The highest BCUT2D eigenvalue weighted by atomic mass is 35.5. The number of aromatic nitrogens is 2. The van der Waals surface area contributed by atoms with Crippen molar-refractivity contribution in [3.63, 3.8) is 0 Å². The van der Waals surface area contributed by atoms with Gasteiger partial charge in [-0.2, -0.15) is 0 Å². The predicted octanol–water partition coefficient (Wildman–Crippen LogP) is 4.00. The number of carbonyl (C=O) groups excluding carboxylic acids is 2. The van der Waals surface area contributed by atoms with E-state index in [0.29, 0.717) is 32.0 Å². The molecule has 25 heavy (non-hydrogen) atoms. The molecule has 2 aromatic heterocycles. The van der Waals surface area contributed by atoms with Gasteiger partial charge in [0.1, 0.15) is 4.88 Å². The Morgan fingerprint density at radius 3 is 2.36 bits per heavy atom. The first-order valence-electron chi connectivity index (χ1n) is 7.28. The number of halogens is 1. The van der Waals surface area contributed by atoms with Crippen LogP contribution in [0.25, 0.3) is 0 Å². The Morgan fingerprint density at radius 1 is 1.00 bits per heavy atom. The summed E-state index contributed by atoms with van der Waals surface area (Å²) in [6.45, 7) is 1.72. The zero-order chi connectivity index (χ0) is 17.8. The molecule has 2 heterocycles. The predicted molar refractivity (Wildman–Crippen MR) is 98.4 cm³/mol. The Morgan fingerprint density at radius 2 is 1.68 bits per heavy atom. The second-order valence-corrected chi connectivity index (χ2v) is 6.52. The average Bonchev–Trinajstić information content (AvgIpc) is 2.98. The number of rotatable bonds is 4. The van der Waals surface area contributed by atoms with Gasteiger partial charge in [-0.25, -0.2) is 4.98 Å². The molecular weight excluding hydrogens is 360 g/mol. The van der Waals surface area contributed by atoms with E-state index in [1.807, 2.05) is 0 Å². The van der Waals surface area contributed by atoms with Crippen molar-refractivity contribution in [2.45, 2.75) is 6.92 Å². The first-order chi connectivity index (χ1) is 12.0. The SMILES string of the molecule is Cc1nc(NC(=O)c2ccncc2)sc1C(=O)Nc1ccc(Cl)cc1. The van der Waals surface area contributed by atoms with Crippen LogP contribution in [0.5, 0.6) is 0 Å². The van der Waals surface area contributed by atoms with E-state index in [0.717, 1.165) is 11.3 Å². The number of amides is 2. The largest absolute Gasteiger partial charge is 0.321 e. The Labute approximate surface area is 152 Å². The maximum absolute atomic E-state index is 12.4. The van der Waals surface area contributed by atoms with Crippen molar-refractivity contribution in [3.8, 4) is 0 Å². The summed E-state index contributed by atoms with van der Waals surface area (Å²) in [5.41, 5.74) is 1.64. The average molecular weight is 373 g/mol. The molecule has 0 saturated heterocycles. The highest BCUT2D eigenvalue weighted by molar-refractivity contribution is 7.17. The van der Waals surface area contributed by atoms with Crippen LogP contribution >= 0.6 is 22.9 Å². The second kappa shape index (κ2) is 7.42. The van der Waals surface area contributed by atoms with Gasteiger partial charge in [-0.15, -0.1) is 0 Å². The Kier molecular flexibility index (Phi) is 5.06. The van der Waals surface area contributed by atoms with Crippen LogP contribution < -0.4 is 10.6 Å². The van der Waals surface area contributed by atoms with Gasteiger partial charge in [-0.3, -0.25) is 19.9 Å². The van der Waals surface area contributed by atoms with Crippen LogP contribution in [0.4, 0.5) is 10.8 Å². The summed E-state index contributed by atoms with van der Waals surface area (Å²) in [7, 11) is 0. The molecule has 0 aliphatic carbocycles. The molecule has 0 fully saturated rings. The van der Waals surface area contributed by atoms with Crippen LogP contribution in [0.15, 0.2) is 48.8 Å². The van der Waals surface area contributed by atoms with Gasteiger partial charge in [0.2, 0.25) is 0 Å². The number of hydrogen-bond donors (Lipinski definition) is 2. The number of nitrogens with zero attached hydrogens (tertiary/aromatic N) is 2. The zero-order valence-corrected chi connectivity index (χ0v) is 14.7. The van der Waals surface area contributed by atoms with Crippen LogP contribution in [0.1, 0.15) is 25.7 Å². The lowest BCUT2D eigenvalue weighted by atomic mass is 10.2. The quantitative estimate of drug-likeness (QED) is 0.724. The second-order valence-electron chi connectivity index (χ2n) is 5.08. The zero-order valence-electron chi connectivity index (χ0n) is 13.1. The lowest BCUT2D eigenvalue weighted by Gasteiger charge is -2.03. The molecule has 3 rings (SSSR count). The molecule has 0 unspecified atom stereocenters. The van der Waals surface area contributed by atoms with Crippen LogP contribution in [-0.2, 0) is 0 Å². The summed E-state index contributed by atoms with van der Waals surface area (Å²) in [6, 6.07) is 10.0.